The van der Waals surface area contributed by atoms with Crippen molar-refractivity contribution in [2.45, 2.75) is 38.6 Å². The molecule has 2 aromatic heterocycles. The number of aromatic nitrogens is 2. The molecule has 7 rings (SSSR count). The smallest absolute Gasteiger partial charge is 0.223 e. The molecule has 2 heterocycles. The minimum atomic E-state index is -1.19. The third-order valence-corrected chi connectivity index (χ3v) is 8.33. The summed E-state index contributed by atoms with van der Waals surface area (Å²) < 4.78 is 72.8. The molecule has 194 valence electrons. The monoisotopic (exact) mass is 522 g/mol. The third kappa shape index (κ3) is 3.82. The standard InChI is InChI=1S/C29H23F5N4/c1-13-14-3-5-15(6-4-14)25(13)37-29-24(34)23(16-7-8-20(31)21(32)9-16)28(35-2)27(38-29)19-12-36-26-18(19)10-17(30)11-22(26)33/h7-15,25,36H,3-6H2,1H3,(H,37,38). The zero-order valence-electron chi connectivity index (χ0n) is 20.4. The van der Waals surface area contributed by atoms with E-state index in [9.17, 15) is 17.6 Å². The molecule has 0 radical (unpaired) electrons. The molecular formula is C29H23F5N4. The molecule has 0 saturated heterocycles. The number of nitrogens with zero attached hydrogens (tertiary/aromatic N) is 2. The second-order valence-corrected chi connectivity index (χ2v) is 10.3. The van der Waals surface area contributed by atoms with Crippen molar-refractivity contribution >= 4 is 22.4 Å². The van der Waals surface area contributed by atoms with Gasteiger partial charge >= 0.3 is 0 Å². The molecule has 4 nitrogen and oxygen atoms in total. The van der Waals surface area contributed by atoms with Crippen LogP contribution in [0.4, 0.5) is 33.5 Å². The minimum Gasteiger partial charge on any atom is -0.364 e. The fraction of sp³-hybridized carbons (Fsp3) is 0.310. The molecule has 0 aliphatic heterocycles. The highest BCUT2D eigenvalue weighted by Gasteiger charge is 2.42. The number of fused-ring (bicyclic) bond motifs is 4. The Bertz CT molecular complexity index is 1610. The van der Waals surface area contributed by atoms with Crippen LogP contribution in [-0.4, -0.2) is 16.0 Å². The van der Waals surface area contributed by atoms with E-state index in [2.05, 4.69) is 27.1 Å². The molecule has 0 spiro atoms. The molecule has 3 aliphatic carbocycles. The van der Waals surface area contributed by atoms with Crippen LogP contribution < -0.4 is 5.32 Å². The van der Waals surface area contributed by atoms with Gasteiger partial charge in [0.1, 0.15) is 11.6 Å². The van der Waals surface area contributed by atoms with Gasteiger partial charge in [-0.2, -0.15) is 0 Å². The van der Waals surface area contributed by atoms with Gasteiger partial charge in [0.15, 0.2) is 23.3 Å². The van der Waals surface area contributed by atoms with E-state index >= 15 is 4.39 Å². The van der Waals surface area contributed by atoms with Crippen LogP contribution in [0, 0.1) is 53.4 Å². The molecule has 3 fully saturated rings. The number of pyridine rings is 1. The summed E-state index contributed by atoms with van der Waals surface area (Å²) in [7, 11) is 0. The van der Waals surface area contributed by atoms with Crippen LogP contribution in [0.1, 0.15) is 32.6 Å². The number of aromatic amines is 1. The number of benzene rings is 2. The maximum absolute atomic E-state index is 16.2. The van der Waals surface area contributed by atoms with E-state index < -0.39 is 29.1 Å². The number of halogens is 5. The predicted octanol–water partition coefficient (Wildman–Crippen LogP) is 8.38. The molecule has 2 aromatic carbocycles. The SMILES string of the molecule is [C-]#[N+]c1c(-c2c[nH]c3c(F)cc(F)cc23)nc(NC2C3CCC(CC3)C2C)c(F)c1-c1ccc(F)c(F)c1. The first-order valence-electron chi connectivity index (χ1n) is 12.6. The van der Waals surface area contributed by atoms with Gasteiger partial charge in [0.25, 0.3) is 0 Å². The van der Waals surface area contributed by atoms with E-state index in [0.29, 0.717) is 11.8 Å². The lowest BCUT2D eigenvalue weighted by Crippen LogP contribution is -2.47. The van der Waals surface area contributed by atoms with E-state index in [1.165, 1.54) is 12.3 Å². The lowest BCUT2D eigenvalue weighted by atomic mass is 9.62. The summed E-state index contributed by atoms with van der Waals surface area (Å²) in [6.07, 6.45) is 5.64. The zero-order valence-corrected chi connectivity index (χ0v) is 20.4. The Hall–Kier alpha value is -3.93. The first kappa shape index (κ1) is 24.4. The number of hydrogen-bond acceptors (Lipinski definition) is 2. The summed E-state index contributed by atoms with van der Waals surface area (Å²) in [5, 5.41) is 3.40. The maximum atomic E-state index is 16.2. The average Bonchev–Trinajstić information content (AvgIpc) is 3.32. The van der Waals surface area contributed by atoms with E-state index in [1.54, 1.807) is 0 Å². The Labute approximate surface area is 215 Å². The highest BCUT2D eigenvalue weighted by Crippen LogP contribution is 2.48. The Kier molecular flexibility index (Phi) is 5.86. The van der Waals surface area contributed by atoms with Gasteiger partial charge in [-0.25, -0.2) is 31.8 Å². The van der Waals surface area contributed by atoms with Gasteiger partial charge in [-0.3, -0.25) is 0 Å². The highest BCUT2D eigenvalue weighted by molar-refractivity contribution is 6.01. The second kappa shape index (κ2) is 9.12. The Morgan fingerprint density at radius 1 is 0.947 bits per heavy atom. The quantitative estimate of drug-likeness (QED) is 0.209. The van der Waals surface area contributed by atoms with Gasteiger partial charge in [-0.15, -0.1) is 0 Å². The summed E-state index contributed by atoms with van der Waals surface area (Å²) >= 11 is 0. The summed E-state index contributed by atoms with van der Waals surface area (Å²) in [6.45, 7) is 9.98. The van der Waals surface area contributed by atoms with Gasteiger partial charge in [0.05, 0.1) is 17.8 Å². The van der Waals surface area contributed by atoms with Crippen molar-refractivity contribution in [2.75, 3.05) is 5.32 Å². The van der Waals surface area contributed by atoms with E-state index in [1.807, 2.05) is 0 Å². The molecule has 2 bridgehead atoms. The van der Waals surface area contributed by atoms with Crippen molar-refractivity contribution in [3.8, 4) is 22.4 Å². The number of H-pyrrole nitrogens is 1. The van der Waals surface area contributed by atoms with Crippen molar-refractivity contribution in [1.29, 1.82) is 0 Å². The molecule has 2 atom stereocenters. The molecule has 2 unspecified atom stereocenters. The molecule has 4 aromatic rings. The summed E-state index contributed by atoms with van der Waals surface area (Å²) in [5.74, 6) is -3.87. The molecule has 3 aliphatic rings. The van der Waals surface area contributed by atoms with Crippen LogP contribution in [0.15, 0.2) is 36.5 Å². The third-order valence-electron chi connectivity index (χ3n) is 8.33. The lowest BCUT2D eigenvalue weighted by Gasteiger charge is -2.47. The average molecular weight is 523 g/mol. The number of hydrogen-bond donors (Lipinski definition) is 2. The van der Waals surface area contributed by atoms with Crippen molar-refractivity contribution in [3.63, 3.8) is 0 Å². The summed E-state index contributed by atoms with van der Waals surface area (Å²) in [4.78, 5) is 10.8. The Balaban J connectivity index is 1.60. The fourth-order valence-electron chi connectivity index (χ4n) is 6.37. The lowest BCUT2D eigenvalue weighted by molar-refractivity contribution is 0.0926. The summed E-state index contributed by atoms with van der Waals surface area (Å²) in [5.41, 5.74) is -0.405. The first-order valence-corrected chi connectivity index (χ1v) is 12.6. The van der Waals surface area contributed by atoms with Crippen LogP contribution in [0.5, 0.6) is 0 Å². The largest absolute Gasteiger partial charge is 0.364 e. The predicted molar refractivity (Wildman–Crippen MR) is 135 cm³/mol. The van der Waals surface area contributed by atoms with Gasteiger partial charge in [-0.05, 0) is 67.2 Å². The van der Waals surface area contributed by atoms with E-state index in [4.69, 9.17) is 6.57 Å². The van der Waals surface area contributed by atoms with Crippen molar-refractivity contribution in [3.05, 3.63) is 77.0 Å². The van der Waals surface area contributed by atoms with Gasteiger partial charge in [-0.1, -0.05) is 13.0 Å². The molecule has 0 amide bonds. The molecule has 38 heavy (non-hydrogen) atoms. The molecule has 2 N–H and O–H groups in total. The normalized spacial score (nSPS) is 22.6. The second-order valence-electron chi connectivity index (χ2n) is 10.3. The van der Waals surface area contributed by atoms with Crippen LogP contribution in [0.2, 0.25) is 0 Å². The number of nitrogens with one attached hydrogen (secondary N) is 2. The van der Waals surface area contributed by atoms with E-state index in [-0.39, 0.29) is 56.8 Å². The van der Waals surface area contributed by atoms with Gasteiger partial charge < -0.3 is 10.3 Å². The van der Waals surface area contributed by atoms with Crippen LogP contribution in [0.25, 0.3) is 38.1 Å². The minimum absolute atomic E-state index is 0.00514. The van der Waals surface area contributed by atoms with Gasteiger partial charge in [0.2, 0.25) is 5.69 Å². The number of anilines is 1. The number of rotatable bonds is 4. The summed E-state index contributed by atoms with van der Waals surface area (Å²) in [6, 6.07) is 4.66. The van der Waals surface area contributed by atoms with Crippen molar-refractivity contribution < 1.29 is 22.0 Å². The maximum Gasteiger partial charge on any atom is 0.223 e. The highest BCUT2D eigenvalue weighted by atomic mass is 19.2. The zero-order chi connectivity index (χ0) is 26.7. The van der Waals surface area contributed by atoms with E-state index in [0.717, 1.165) is 49.9 Å². The first-order chi connectivity index (χ1) is 18.3. The van der Waals surface area contributed by atoms with Crippen molar-refractivity contribution in [1.82, 2.24) is 9.97 Å². The van der Waals surface area contributed by atoms with Crippen LogP contribution in [-0.2, 0) is 0 Å². The van der Waals surface area contributed by atoms with Crippen LogP contribution in [0.3, 0.4) is 0 Å². The Morgan fingerprint density at radius 3 is 2.37 bits per heavy atom. The molecule has 9 heteroatoms. The van der Waals surface area contributed by atoms with Gasteiger partial charge in [0, 0.05) is 34.8 Å². The Morgan fingerprint density at radius 2 is 1.68 bits per heavy atom. The van der Waals surface area contributed by atoms with Crippen LogP contribution >= 0.6 is 0 Å². The fourth-order valence-corrected chi connectivity index (χ4v) is 6.37. The molecule has 3 saturated carbocycles. The molecular weight excluding hydrogens is 499 g/mol. The van der Waals surface area contributed by atoms with Crippen molar-refractivity contribution in [2.24, 2.45) is 17.8 Å². The topological polar surface area (TPSA) is 45.1 Å².